The maximum atomic E-state index is 12.4. The van der Waals surface area contributed by atoms with Crippen molar-refractivity contribution in [1.29, 1.82) is 0 Å². The van der Waals surface area contributed by atoms with Gasteiger partial charge in [0.1, 0.15) is 0 Å². The van der Waals surface area contributed by atoms with Gasteiger partial charge in [0.2, 0.25) is 10.0 Å². The molecule has 0 aromatic heterocycles. The average molecular weight is 355 g/mol. The minimum atomic E-state index is -3.91. The molecule has 0 radical (unpaired) electrons. The van der Waals surface area contributed by atoms with E-state index in [4.69, 9.17) is 11.6 Å². The standard InChI is InChI=1S/C15H15ClN2O4S/c1-10-7-8-12(9-15(10)18(19)20)23(21,22)17-11(2)13-5-3-4-6-14(13)16/h3-9,11,17H,1-2H3. The Labute approximate surface area is 139 Å². The zero-order valence-electron chi connectivity index (χ0n) is 12.5. The summed E-state index contributed by atoms with van der Waals surface area (Å²) in [7, 11) is -3.91. The van der Waals surface area contributed by atoms with Gasteiger partial charge in [0.15, 0.2) is 0 Å². The number of nitrogens with one attached hydrogen (secondary N) is 1. The van der Waals surface area contributed by atoms with Crippen LogP contribution in [0.25, 0.3) is 0 Å². The molecule has 0 spiro atoms. The van der Waals surface area contributed by atoms with E-state index in [1.165, 1.54) is 12.1 Å². The summed E-state index contributed by atoms with van der Waals surface area (Å²) in [5.41, 5.74) is 0.783. The van der Waals surface area contributed by atoms with Crippen LogP contribution in [0.1, 0.15) is 24.1 Å². The fraction of sp³-hybridized carbons (Fsp3) is 0.200. The molecule has 1 unspecified atom stereocenters. The van der Waals surface area contributed by atoms with E-state index < -0.39 is 21.0 Å². The van der Waals surface area contributed by atoms with Crippen molar-refractivity contribution in [2.45, 2.75) is 24.8 Å². The van der Waals surface area contributed by atoms with Gasteiger partial charge in [-0.2, -0.15) is 0 Å². The number of halogens is 1. The second kappa shape index (κ2) is 6.66. The summed E-state index contributed by atoms with van der Waals surface area (Å²) in [5, 5.41) is 11.4. The van der Waals surface area contributed by atoms with Gasteiger partial charge in [-0.15, -0.1) is 0 Å². The normalized spacial score (nSPS) is 12.8. The average Bonchev–Trinajstić information content (AvgIpc) is 2.47. The third kappa shape index (κ3) is 3.87. The van der Waals surface area contributed by atoms with Crippen LogP contribution >= 0.6 is 11.6 Å². The van der Waals surface area contributed by atoms with Gasteiger partial charge in [-0.1, -0.05) is 35.9 Å². The summed E-state index contributed by atoms with van der Waals surface area (Å²) in [6, 6.07) is 10.1. The van der Waals surface area contributed by atoms with Crippen LogP contribution in [-0.4, -0.2) is 13.3 Å². The molecule has 0 bridgehead atoms. The second-order valence-corrected chi connectivity index (χ2v) is 7.19. The van der Waals surface area contributed by atoms with Crippen LogP contribution in [0.4, 0.5) is 5.69 Å². The predicted molar refractivity (Wildman–Crippen MR) is 88.0 cm³/mol. The number of hydrogen-bond acceptors (Lipinski definition) is 4. The largest absolute Gasteiger partial charge is 0.273 e. The highest BCUT2D eigenvalue weighted by molar-refractivity contribution is 7.89. The molecule has 0 aliphatic carbocycles. The number of nitro benzene ring substituents is 1. The first kappa shape index (κ1) is 17.4. The van der Waals surface area contributed by atoms with E-state index in [2.05, 4.69) is 4.72 Å². The fourth-order valence-corrected chi connectivity index (χ4v) is 3.69. The van der Waals surface area contributed by atoms with Crippen molar-refractivity contribution in [3.8, 4) is 0 Å². The Kier molecular flexibility index (Phi) is 5.03. The molecule has 2 aromatic rings. The molecule has 6 nitrogen and oxygen atoms in total. The van der Waals surface area contributed by atoms with E-state index >= 15 is 0 Å². The first-order valence-electron chi connectivity index (χ1n) is 6.74. The highest BCUT2D eigenvalue weighted by Crippen LogP contribution is 2.26. The van der Waals surface area contributed by atoms with E-state index in [0.717, 1.165) is 6.07 Å². The van der Waals surface area contributed by atoms with E-state index in [9.17, 15) is 18.5 Å². The molecule has 0 heterocycles. The van der Waals surface area contributed by atoms with Gasteiger partial charge < -0.3 is 0 Å². The zero-order valence-corrected chi connectivity index (χ0v) is 14.1. The van der Waals surface area contributed by atoms with Crippen molar-refractivity contribution in [2.75, 3.05) is 0 Å². The third-order valence-corrected chi connectivity index (χ3v) is 5.27. The molecule has 2 aromatic carbocycles. The molecule has 1 N–H and O–H groups in total. The lowest BCUT2D eigenvalue weighted by atomic mass is 10.1. The number of nitrogens with zero attached hydrogens (tertiary/aromatic N) is 1. The molecule has 1 atom stereocenters. The summed E-state index contributed by atoms with van der Waals surface area (Å²) in [4.78, 5) is 10.2. The number of hydrogen-bond donors (Lipinski definition) is 1. The molecule has 0 aliphatic rings. The summed E-state index contributed by atoms with van der Waals surface area (Å²) in [6.45, 7) is 3.20. The van der Waals surface area contributed by atoms with Crippen LogP contribution in [0.5, 0.6) is 0 Å². The van der Waals surface area contributed by atoms with Crippen LogP contribution in [0.15, 0.2) is 47.4 Å². The van der Waals surface area contributed by atoms with Crippen LogP contribution in [0.2, 0.25) is 5.02 Å². The zero-order chi connectivity index (χ0) is 17.2. The van der Waals surface area contributed by atoms with Crippen LogP contribution < -0.4 is 4.72 Å². The lowest BCUT2D eigenvalue weighted by Crippen LogP contribution is -2.27. The molecule has 2 rings (SSSR count). The van der Waals surface area contributed by atoms with Gasteiger partial charge in [-0.25, -0.2) is 13.1 Å². The van der Waals surface area contributed by atoms with Crippen LogP contribution in [-0.2, 0) is 10.0 Å². The van der Waals surface area contributed by atoms with Gasteiger partial charge in [-0.05, 0) is 31.5 Å². The van der Waals surface area contributed by atoms with Crippen molar-refractivity contribution in [3.05, 3.63) is 68.7 Å². The smallest absolute Gasteiger partial charge is 0.258 e. The Hall–Kier alpha value is -1.96. The lowest BCUT2D eigenvalue weighted by molar-refractivity contribution is -0.385. The second-order valence-electron chi connectivity index (χ2n) is 5.07. The van der Waals surface area contributed by atoms with Crippen LogP contribution in [0, 0.1) is 17.0 Å². The summed E-state index contributed by atoms with van der Waals surface area (Å²) in [6.07, 6.45) is 0. The molecule has 0 saturated carbocycles. The van der Waals surface area contributed by atoms with Gasteiger partial charge >= 0.3 is 0 Å². The third-order valence-electron chi connectivity index (χ3n) is 3.39. The summed E-state index contributed by atoms with van der Waals surface area (Å²) < 4.78 is 27.4. The Morgan fingerprint density at radius 1 is 1.22 bits per heavy atom. The van der Waals surface area contributed by atoms with Crippen molar-refractivity contribution in [3.63, 3.8) is 0 Å². The molecular formula is C15H15ClN2O4S. The van der Waals surface area contributed by atoms with Gasteiger partial charge in [-0.3, -0.25) is 10.1 Å². The quantitative estimate of drug-likeness (QED) is 0.656. The van der Waals surface area contributed by atoms with Gasteiger partial charge in [0.05, 0.1) is 9.82 Å². The number of sulfonamides is 1. The molecule has 0 fully saturated rings. The van der Waals surface area contributed by atoms with Crippen molar-refractivity contribution in [1.82, 2.24) is 4.72 Å². The molecule has 0 aliphatic heterocycles. The Morgan fingerprint density at radius 2 is 1.87 bits per heavy atom. The number of nitro groups is 1. The van der Waals surface area contributed by atoms with E-state index in [1.807, 2.05) is 0 Å². The monoisotopic (exact) mass is 354 g/mol. The molecule has 0 saturated heterocycles. The summed E-state index contributed by atoms with van der Waals surface area (Å²) in [5.74, 6) is 0. The summed E-state index contributed by atoms with van der Waals surface area (Å²) >= 11 is 6.06. The Balaban J connectivity index is 2.34. The lowest BCUT2D eigenvalue weighted by Gasteiger charge is -2.16. The van der Waals surface area contributed by atoms with Crippen molar-refractivity contribution in [2.24, 2.45) is 0 Å². The Bertz CT molecular complexity index is 852. The molecule has 8 heteroatoms. The molecular weight excluding hydrogens is 340 g/mol. The topological polar surface area (TPSA) is 89.3 Å². The number of aryl methyl sites for hydroxylation is 1. The SMILES string of the molecule is Cc1ccc(S(=O)(=O)NC(C)c2ccccc2Cl)cc1[N+](=O)[O-]. The maximum Gasteiger partial charge on any atom is 0.273 e. The molecule has 0 amide bonds. The predicted octanol–water partition coefficient (Wildman–Crippen LogP) is 3.60. The van der Waals surface area contributed by atoms with Crippen LogP contribution in [0.3, 0.4) is 0 Å². The van der Waals surface area contributed by atoms with E-state index in [0.29, 0.717) is 16.1 Å². The molecule has 122 valence electrons. The van der Waals surface area contributed by atoms with E-state index in [1.54, 1.807) is 38.1 Å². The first-order valence-corrected chi connectivity index (χ1v) is 8.60. The van der Waals surface area contributed by atoms with Crippen molar-refractivity contribution >= 4 is 27.3 Å². The van der Waals surface area contributed by atoms with Gasteiger partial charge in [0, 0.05) is 22.7 Å². The Morgan fingerprint density at radius 3 is 2.48 bits per heavy atom. The molecule has 23 heavy (non-hydrogen) atoms. The fourth-order valence-electron chi connectivity index (χ4n) is 2.14. The highest BCUT2D eigenvalue weighted by atomic mass is 35.5. The van der Waals surface area contributed by atoms with E-state index in [-0.39, 0.29) is 10.6 Å². The highest BCUT2D eigenvalue weighted by Gasteiger charge is 2.22. The first-order chi connectivity index (χ1) is 10.7. The number of benzene rings is 2. The maximum absolute atomic E-state index is 12.4. The minimum absolute atomic E-state index is 0.159. The minimum Gasteiger partial charge on any atom is -0.258 e. The van der Waals surface area contributed by atoms with Gasteiger partial charge in [0.25, 0.3) is 5.69 Å². The van der Waals surface area contributed by atoms with Crippen molar-refractivity contribution < 1.29 is 13.3 Å². The number of rotatable bonds is 5.